The molecule has 0 unspecified atom stereocenters. The predicted octanol–water partition coefficient (Wildman–Crippen LogP) is 4.03. The summed E-state index contributed by atoms with van der Waals surface area (Å²) in [6.07, 6.45) is 1.69. The fraction of sp³-hybridized carbons (Fsp3) is 0.269. The molecule has 1 fully saturated rings. The van der Waals surface area contributed by atoms with E-state index >= 15 is 0 Å². The number of piperazine rings is 1. The Morgan fingerprint density at radius 1 is 0.912 bits per heavy atom. The molecule has 6 nitrogen and oxygen atoms in total. The number of nitrogens with zero attached hydrogens (tertiary/aromatic N) is 5. The van der Waals surface area contributed by atoms with Crippen molar-refractivity contribution in [1.82, 2.24) is 24.6 Å². The maximum atomic E-state index is 13.4. The highest BCUT2D eigenvalue weighted by molar-refractivity contribution is 5.95. The molecule has 0 N–H and O–H groups in total. The van der Waals surface area contributed by atoms with Crippen LogP contribution >= 0.6 is 0 Å². The van der Waals surface area contributed by atoms with Gasteiger partial charge in [-0.25, -0.2) is 18.4 Å². The monoisotopic (exact) mass is 461 g/mol. The number of aromatic nitrogens is 3. The van der Waals surface area contributed by atoms with Gasteiger partial charge in [-0.1, -0.05) is 24.3 Å². The number of fused-ring (bicyclic) bond motifs is 1. The molecule has 1 amide bonds. The number of hydrogen-bond donors (Lipinski definition) is 0. The molecule has 174 valence electrons. The van der Waals surface area contributed by atoms with E-state index in [4.69, 9.17) is 0 Å². The summed E-state index contributed by atoms with van der Waals surface area (Å²) in [6.45, 7) is 5.53. The Hall–Kier alpha value is -3.65. The van der Waals surface area contributed by atoms with Crippen LogP contribution in [0.3, 0.4) is 0 Å². The molecule has 8 heteroatoms. The van der Waals surface area contributed by atoms with Crippen molar-refractivity contribution in [1.29, 1.82) is 0 Å². The Bertz CT molecular complexity index is 1310. The van der Waals surface area contributed by atoms with Gasteiger partial charge in [0.05, 0.1) is 5.69 Å². The number of pyridine rings is 1. The molecule has 2 aromatic carbocycles. The van der Waals surface area contributed by atoms with E-state index in [0.29, 0.717) is 18.7 Å². The third-order valence-corrected chi connectivity index (χ3v) is 6.29. The van der Waals surface area contributed by atoms with E-state index in [1.165, 1.54) is 24.3 Å². The molecule has 0 atom stereocenters. The SMILES string of the molecule is Cc1nn(CC(=O)N2CCN(Cc3ccc(F)cc3)CC2)c2nccc(-c3ccc(F)cc3)c12. The van der Waals surface area contributed by atoms with Gasteiger partial charge < -0.3 is 4.90 Å². The minimum Gasteiger partial charge on any atom is -0.339 e. The first-order valence-corrected chi connectivity index (χ1v) is 11.3. The molecular weight excluding hydrogens is 436 g/mol. The number of carbonyl (C=O) groups excluding carboxylic acids is 1. The van der Waals surface area contributed by atoms with Gasteiger partial charge in [0.15, 0.2) is 5.65 Å². The second kappa shape index (κ2) is 9.30. The molecule has 2 aromatic heterocycles. The lowest BCUT2D eigenvalue weighted by molar-refractivity contribution is -0.133. The van der Waals surface area contributed by atoms with Crippen LogP contribution in [-0.4, -0.2) is 56.7 Å². The lowest BCUT2D eigenvalue weighted by Gasteiger charge is -2.34. The van der Waals surface area contributed by atoms with Gasteiger partial charge in [0.1, 0.15) is 18.2 Å². The van der Waals surface area contributed by atoms with Gasteiger partial charge in [-0.05, 0) is 53.9 Å². The van der Waals surface area contributed by atoms with E-state index in [1.54, 1.807) is 35.1 Å². The molecule has 3 heterocycles. The Kier molecular flexibility index (Phi) is 6.06. The largest absolute Gasteiger partial charge is 0.339 e. The highest BCUT2D eigenvalue weighted by atomic mass is 19.1. The van der Waals surface area contributed by atoms with Gasteiger partial charge in [0, 0.05) is 44.3 Å². The van der Waals surface area contributed by atoms with Gasteiger partial charge in [-0.2, -0.15) is 5.10 Å². The maximum absolute atomic E-state index is 13.4. The maximum Gasteiger partial charge on any atom is 0.244 e. The Balaban J connectivity index is 1.27. The van der Waals surface area contributed by atoms with Gasteiger partial charge in [0.2, 0.25) is 5.91 Å². The molecule has 0 saturated carbocycles. The fourth-order valence-corrected chi connectivity index (χ4v) is 4.49. The van der Waals surface area contributed by atoms with Crippen LogP contribution in [0.4, 0.5) is 8.78 Å². The summed E-state index contributed by atoms with van der Waals surface area (Å²) in [4.78, 5) is 21.7. The summed E-state index contributed by atoms with van der Waals surface area (Å²) in [5.74, 6) is -0.524. The summed E-state index contributed by atoms with van der Waals surface area (Å²) in [6, 6.07) is 14.8. The zero-order valence-corrected chi connectivity index (χ0v) is 18.9. The van der Waals surface area contributed by atoms with Crippen LogP contribution in [0, 0.1) is 18.6 Å². The number of halogens is 2. The van der Waals surface area contributed by atoms with Crippen LogP contribution < -0.4 is 0 Å². The molecule has 1 aliphatic heterocycles. The van der Waals surface area contributed by atoms with Crippen molar-refractivity contribution in [2.24, 2.45) is 0 Å². The number of benzene rings is 2. The third-order valence-electron chi connectivity index (χ3n) is 6.29. The molecule has 0 aliphatic carbocycles. The van der Waals surface area contributed by atoms with Crippen LogP contribution in [0.15, 0.2) is 60.8 Å². The Labute approximate surface area is 196 Å². The van der Waals surface area contributed by atoms with Crippen LogP contribution in [0.2, 0.25) is 0 Å². The zero-order chi connectivity index (χ0) is 23.7. The molecule has 34 heavy (non-hydrogen) atoms. The van der Waals surface area contributed by atoms with Crippen molar-refractivity contribution in [3.63, 3.8) is 0 Å². The average Bonchev–Trinajstić information content (AvgIpc) is 3.17. The van der Waals surface area contributed by atoms with Crippen LogP contribution in [-0.2, 0) is 17.9 Å². The first kappa shape index (κ1) is 22.2. The van der Waals surface area contributed by atoms with Crippen molar-refractivity contribution >= 4 is 16.9 Å². The van der Waals surface area contributed by atoms with E-state index in [9.17, 15) is 13.6 Å². The van der Waals surface area contributed by atoms with Gasteiger partial charge in [0.25, 0.3) is 0 Å². The van der Waals surface area contributed by atoms with Crippen LogP contribution in [0.25, 0.3) is 22.2 Å². The molecular formula is C26H25F2N5O. The highest BCUT2D eigenvalue weighted by Gasteiger charge is 2.23. The molecule has 4 aromatic rings. The Morgan fingerprint density at radius 2 is 1.56 bits per heavy atom. The van der Waals surface area contributed by atoms with Crippen molar-refractivity contribution in [2.45, 2.75) is 20.0 Å². The summed E-state index contributed by atoms with van der Waals surface area (Å²) in [7, 11) is 0. The lowest BCUT2D eigenvalue weighted by Crippen LogP contribution is -2.49. The van der Waals surface area contributed by atoms with Crippen molar-refractivity contribution in [3.05, 3.63) is 83.7 Å². The van der Waals surface area contributed by atoms with E-state index in [1.807, 2.05) is 17.9 Å². The minimum atomic E-state index is -0.287. The molecule has 0 spiro atoms. The summed E-state index contributed by atoms with van der Waals surface area (Å²) >= 11 is 0. The third kappa shape index (κ3) is 4.54. The normalized spacial score (nSPS) is 14.6. The summed E-state index contributed by atoms with van der Waals surface area (Å²) < 4.78 is 28.2. The van der Waals surface area contributed by atoms with Crippen LogP contribution in [0.5, 0.6) is 0 Å². The second-order valence-electron chi connectivity index (χ2n) is 8.59. The molecule has 5 rings (SSSR count). The fourth-order valence-electron chi connectivity index (χ4n) is 4.49. The van der Waals surface area contributed by atoms with Crippen molar-refractivity contribution < 1.29 is 13.6 Å². The standard InChI is InChI=1S/C26H25F2N5O/c1-18-25-23(20-4-8-22(28)9-5-20)10-11-29-26(25)33(30-18)17-24(34)32-14-12-31(13-15-32)16-19-2-6-21(27)7-3-19/h2-11H,12-17H2,1H3. The first-order chi connectivity index (χ1) is 16.5. The zero-order valence-electron chi connectivity index (χ0n) is 18.9. The van der Waals surface area contributed by atoms with Gasteiger partial charge in [-0.3, -0.25) is 9.69 Å². The van der Waals surface area contributed by atoms with E-state index in [0.717, 1.165) is 47.4 Å². The number of carbonyl (C=O) groups is 1. The highest BCUT2D eigenvalue weighted by Crippen LogP contribution is 2.30. The van der Waals surface area contributed by atoms with E-state index in [2.05, 4.69) is 15.0 Å². The van der Waals surface area contributed by atoms with Crippen LogP contribution in [0.1, 0.15) is 11.3 Å². The molecule has 1 saturated heterocycles. The van der Waals surface area contributed by atoms with Gasteiger partial charge in [-0.15, -0.1) is 0 Å². The topological polar surface area (TPSA) is 54.3 Å². The smallest absolute Gasteiger partial charge is 0.244 e. The average molecular weight is 462 g/mol. The summed E-state index contributed by atoms with van der Waals surface area (Å²) in [5, 5.41) is 5.46. The van der Waals surface area contributed by atoms with Gasteiger partial charge >= 0.3 is 0 Å². The summed E-state index contributed by atoms with van der Waals surface area (Å²) in [5.41, 5.74) is 4.26. The van der Waals surface area contributed by atoms with E-state index in [-0.39, 0.29) is 24.1 Å². The second-order valence-corrected chi connectivity index (χ2v) is 8.59. The molecule has 1 aliphatic rings. The first-order valence-electron chi connectivity index (χ1n) is 11.3. The quantitative estimate of drug-likeness (QED) is 0.450. The number of rotatable bonds is 5. The van der Waals surface area contributed by atoms with Crippen molar-refractivity contribution in [3.8, 4) is 11.1 Å². The minimum absolute atomic E-state index is 0.000169. The Morgan fingerprint density at radius 3 is 2.24 bits per heavy atom. The molecule has 0 radical (unpaired) electrons. The lowest BCUT2D eigenvalue weighted by atomic mass is 10.0. The number of hydrogen-bond acceptors (Lipinski definition) is 4. The number of aryl methyl sites for hydroxylation is 1. The van der Waals surface area contributed by atoms with E-state index < -0.39 is 0 Å². The number of amides is 1. The molecule has 0 bridgehead atoms. The van der Waals surface area contributed by atoms with Crippen molar-refractivity contribution in [2.75, 3.05) is 26.2 Å². The predicted molar refractivity (Wildman–Crippen MR) is 126 cm³/mol.